The van der Waals surface area contributed by atoms with E-state index >= 15 is 0 Å². The van der Waals surface area contributed by atoms with Crippen LogP contribution in [0.5, 0.6) is 11.5 Å². The zero-order valence-electron chi connectivity index (χ0n) is 21.0. The fourth-order valence-corrected chi connectivity index (χ4v) is 4.67. The lowest BCUT2D eigenvalue weighted by Crippen LogP contribution is -2.32. The van der Waals surface area contributed by atoms with Gasteiger partial charge in [0, 0.05) is 6.07 Å². The van der Waals surface area contributed by atoms with Crippen molar-refractivity contribution in [2.24, 2.45) is 0 Å². The summed E-state index contributed by atoms with van der Waals surface area (Å²) in [7, 11) is -1.09. The molecule has 4 rings (SSSR count). The van der Waals surface area contributed by atoms with E-state index in [4.69, 9.17) is 13.8 Å². The van der Waals surface area contributed by atoms with Gasteiger partial charge in [-0.3, -0.25) is 9.08 Å². The van der Waals surface area contributed by atoms with Gasteiger partial charge in [0.15, 0.2) is 0 Å². The van der Waals surface area contributed by atoms with Gasteiger partial charge in [0.05, 0.1) is 19.9 Å². The number of nitrogens with zero attached hydrogens (tertiary/aromatic N) is 1. The minimum Gasteiger partial charge on any atom is -0.497 e. The van der Waals surface area contributed by atoms with Crippen LogP contribution in [-0.2, 0) is 10.1 Å². The third kappa shape index (κ3) is 5.92. The van der Waals surface area contributed by atoms with Crippen LogP contribution in [0.3, 0.4) is 0 Å². The Kier molecular flexibility index (Phi) is 7.50. The van der Waals surface area contributed by atoms with Gasteiger partial charge in [0.2, 0.25) is 0 Å². The third-order valence-electron chi connectivity index (χ3n) is 5.74. The van der Waals surface area contributed by atoms with E-state index in [0.29, 0.717) is 17.1 Å². The summed E-state index contributed by atoms with van der Waals surface area (Å²) in [4.78, 5) is 12.9. The number of rotatable bonds is 8. The predicted molar refractivity (Wildman–Crippen MR) is 143 cm³/mol. The van der Waals surface area contributed by atoms with Crippen molar-refractivity contribution in [2.75, 3.05) is 14.2 Å². The van der Waals surface area contributed by atoms with E-state index in [2.05, 4.69) is 0 Å². The van der Waals surface area contributed by atoms with Crippen LogP contribution in [0.25, 0.3) is 11.6 Å². The van der Waals surface area contributed by atoms with Gasteiger partial charge in [-0.1, -0.05) is 42.0 Å². The molecule has 1 heterocycles. The maximum absolute atomic E-state index is 13.0. The van der Waals surface area contributed by atoms with Crippen LogP contribution in [0.1, 0.15) is 27.9 Å². The number of hydrogen-bond acceptors (Lipinski definition) is 6. The molecule has 8 heteroatoms. The van der Waals surface area contributed by atoms with Crippen LogP contribution in [0, 0.1) is 13.8 Å². The summed E-state index contributed by atoms with van der Waals surface area (Å²) in [5.41, 5.74) is 3.61. The molecule has 1 aromatic heterocycles. The summed E-state index contributed by atoms with van der Waals surface area (Å²) in [6.45, 7) is 3.61. The minimum atomic E-state index is -4.27. The van der Waals surface area contributed by atoms with Crippen molar-refractivity contribution in [3.05, 3.63) is 123 Å². The Hall–Kier alpha value is -4.30. The molecule has 0 saturated carbocycles. The van der Waals surface area contributed by atoms with Crippen molar-refractivity contribution in [3.63, 3.8) is 0 Å². The van der Waals surface area contributed by atoms with E-state index in [-0.39, 0.29) is 10.6 Å². The zero-order chi connectivity index (χ0) is 26.6. The van der Waals surface area contributed by atoms with Crippen LogP contribution < -0.4 is 19.3 Å². The second kappa shape index (κ2) is 10.8. The summed E-state index contributed by atoms with van der Waals surface area (Å²) in [6, 6.07) is 24.1. The van der Waals surface area contributed by atoms with Crippen molar-refractivity contribution in [1.82, 2.24) is 4.73 Å². The molecule has 0 bridgehead atoms. The number of methoxy groups -OCH3 is 2. The van der Waals surface area contributed by atoms with E-state index in [0.717, 1.165) is 27.0 Å². The maximum Gasteiger partial charge on any atom is 0.357 e. The van der Waals surface area contributed by atoms with Crippen LogP contribution in [-0.4, -0.2) is 27.4 Å². The first-order valence-corrected chi connectivity index (χ1v) is 12.9. The summed E-state index contributed by atoms with van der Waals surface area (Å²) in [5.74, 6) is 1.38. The summed E-state index contributed by atoms with van der Waals surface area (Å²) < 4.78 is 42.8. The highest BCUT2D eigenvalue weighted by atomic mass is 32.2. The normalized spacial score (nSPS) is 11.0. The molecular formula is C29H27NO6S. The van der Waals surface area contributed by atoms with Gasteiger partial charge in [-0.05, 0) is 84.7 Å². The lowest BCUT2D eigenvalue weighted by Gasteiger charge is -2.15. The van der Waals surface area contributed by atoms with Crippen molar-refractivity contribution in [1.29, 1.82) is 0 Å². The third-order valence-corrected chi connectivity index (χ3v) is 6.93. The summed E-state index contributed by atoms with van der Waals surface area (Å²) in [5, 5.41) is 0. The fraction of sp³-hybridized carbons (Fsp3) is 0.138. The number of aromatic nitrogens is 1. The van der Waals surface area contributed by atoms with Crippen molar-refractivity contribution in [2.45, 2.75) is 18.7 Å². The highest BCUT2D eigenvalue weighted by molar-refractivity contribution is 7.87. The average molecular weight is 518 g/mol. The first-order valence-electron chi connectivity index (χ1n) is 11.5. The molecule has 0 aliphatic carbocycles. The van der Waals surface area contributed by atoms with Crippen LogP contribution >= 0.6 is 0 Å². The minimum absolute atomic E-state index is 0.0500. The van der Waals surface area contributed by atoms with Crippen LogP contribution in [0.15, 0.2) is 94.6 Å². The van der Waals surface area contributed by atoms with Gasteiger partial charge in [-0.2, -0.15) is 8.42 Å². The van der Waals surface area contributed by atoms with Gasteiger partial charge < -0.3 is 9.47 Å². The molecule has 190 valence electrons. The lowest BCUT2D eigenvalue weighted by molar-refractivity contribution is 0.264. The van der Waals surface area contributed by atoms with Crippen LogP contribution in [0.4, 0.5) is 0 Å². The van der Waals surface area contributed by atoms with Crippen molar-refractivity contribution >= 4 is 21.8 Å². The standard InChI is InChI=1S/C29H27NO6S/c1-20-5-15-27(16-6-20)37(32,33)36-30-24(17-21(2)18-29(30)31)19-28(22-7-11-25(34-3)12-8-22)23-9-13-26(35-4)14-10-23/h5-19H,1-4H3. The molecule has 0 N–H and O–H groups in total. The molecule has 0 radical (unpaired) electrons. The van der Waals surface area contributed by atoms with E-state index in [1.54, 1.807) is 45.4 Å². The van der Waals surface area contributed by atoms with Crippen molar-refractivity contribution in [3.8, 4) is 11.5 Å². The Balaban J connectivity index is 1.88. The SMILES string of the molecule is COc1ccc(C(=Cc2cc(C)cc(=O)n2OS(=O)(=O)c2ccc(C)cc2)c2ccc(OC)cc2)cc1. The highest BCUT2D eigenvalue weighted by Gasteiger charge is 2.20. The number of aryl methyl sites for hydroxylation is 2. The second-order valence-electron chi connectivity index (χ2n) is 8.45. The molecule has 0 aliphatic heterocycles. The smallest absolute Gasteiger partial charge is 0.357 e. The topological polar surface area (TPSA) is 83.8 Å². The zero-order valence-corrected chi connectivity index (χ0v) is 21.8. The Labute approximate surface area is 216 Å². The number of ether oxygens (including phenoxy) is 2. The van der Waals surface area contributed by atoms with E-state index in [9.17, 15) is 13.2 Å². The molecule has 0 saturated heterocycles. The van der Waals surface area contributed by atoms with Gasteiger partial charge in [0.1, 0.15) is 16.4 Å². The largest absolute Gasteiger partial charge is 0.497 e. The molecule has 0 unspecified atom stereocenters. The molecule has 37 heavy (non-hydrogen) atoms. The molecular weight excluding hydrogens is 490 g/mol. The quantitative estimate of drug-likeness (QED) is 0.331. The van der Waals surface area contributed by atoms with Crippen molar-refractivity contribution < 1.29 is 22.2 Å². The maximum atomic E-state index is 13.0. The monoisotopic (exact) mass is 517 g/mol. The Bertz CT molecular complexity index is 1540. The Morgan fingerprint density at radius 3 is 1.73 bits per heavy atom. The molecule has 4 aromatic rings. The van der Waals surface area contributed by atoms with Gasteiger partial charge in [-0.25, -0.2) is 0 Å². The molecule has 0 fully saturated rings. The average Bonchev–Trinajstić information content (AvgIpc) is 2.89. The molecule has 0 spiro atoms. The lowest BCUT2D eigenvalue weighted by atomic mass is 9.96. The fourth-order valence-electron chi connectivity index (χ4n) is 3.76. The number of hydrogen-bond donors (Lipinski definition) is 0. The molecule has 3 aromatic carbocycles. The Morgan fingerprint density at radius 2 is 1.24 bits per heavy atom. The number of pyridine rings is 1. The Morgan fingerprint density at radius 1 is 0.730 bits per heavy atom. The molecule has 0 atom stereocenters. The van der Waals surface area contributed by atoms with E-state index in [1.165, 1.54) is 18.2 Å². The van der Waals surface area contributed by atoms with Gasteiger partial charge in [0.25, 0.3) is 5.56 Å². The molecule has 0 aliphatic rings. The van der Waals surface area contributed by atoms with Gasteiger partial charge >= 0.3 is 10.1 Å². The summed E-state index contributed by atoms with van der Waals surface area (Å²) >= 11 is 0. The van der Waals surface area contributed by atoms with E-state index < -0.39 is 15.7 Å². The van der Waals surface area contributed by atoms with Gasteiger partial charge in [-0.15, -0.1) is 4.73 Å². The first-order chi connectivity index (χ1) is 17.7. The summed E-state index contributed by atoms with van der Waals surface area (Å²) in [6.07, 6.45) is 1.72. The predicted octanol–water partition coefficient (Wildman–Crippen LogP) is 4.89. The molecule has 7 nitrogen and oxygen atoms in total. The first kappa shape index (κ1) is 25.8. The number of benzene rings is 3. The van der Waals surface area contributed by atoms with E-state index in [1.807, 2.05) is 55.5 Å². The highest BCUT2D eigenvalue weighted by Crippen LogP contribution is 2.29. The molecule has 0 amide bonds. The second-order valence-corrected chi connectivity index (χ2v) is 9.98. The van der Waals surface area contributed by atoms with Crippen LogP contribution in [0.2, 0.25) is 0 Å².